The molecule has 2 heterocycles. The van der Waals surface area contributed by atoms with E-state index in [1.165, 1.54) is 12.3 Å². The third-order valence-electron chi connectivity index (χ3n) is 3.58. The third kappa shape index (κ3) is 2.71. The van der Waals surface area contributed by atoms with Crippen LogP contribution in [-0.2, 0) is 4.79 Å². The lowest BCUT2D eigenvalue weighted by molar-refractivity contribution is -0.113. The third-order valence-corrected chi connectivity index (χ3v) is 4.85. The van der Waals surface area contributed by atoms with Gasteiger partial charge in [0.1, 0.15) is 5.82 Å². The van der Waals surface area contributed by atoms with Gasteiger partial charge < -0.3 is 5.32 Å². The van der Waals surface area contributed by atoms with Crippen molar-refractivity contribution < 1.29 is 18.0 Å². The molecule has 1 N–H and O–H groups in total. The zero-order chi connectivity index (χ0) is 16.7. The number of hydrogen-bond acceptors (Lipinski definition) is 3. The lowest BCUT2D eigenvalue weighted by Crippen LogP contribution is -2.17. The average molecular weight is 341 g/mol. The molecule has 0 saturated carbocycles. The van der Waals surface area contributed by atoms with E-state index in [1.54, 1.807) is 4.68 Å². The maximum absolute atomic E-state index is 14.2. The number of hydrogen-bond donors (Lipinski definition) is 1. The van der Waals surface area contributed by atoms with Crippen LogP contribution < -0.4 is 5.32 Å². The predicted octanol–water partition coefficient (Wildman–Crippen LogP) is 3.66. The van der Waals surface area contributed by atoms with Gasteiger partial charge in [-0.1, -0.05) is 6.07 Å². The van der Waals surface area contributed by atoms with Crippen LogP contribution in [0, 0.1) is 17.5 Å². The molecule has 2 aromatic rings. The number of carbonyl (C=O) groups excluding carboxylic acids is 1. The van der Waals surface area contributed by atoms with Gasteiger partial charge in [0, 0.05) is 17.2 Å². The monoisotopic (exact) mass is 341 g/mol. The van der Waals surface area contributed by atoms with Crippen molar-refractivity contribution in [3.63, 3.8) is 0 Å². The summed E-state index contributed by atoms with van der Waals surface area (Å²) >= 11 is 1.15. The summed E-state index contributed by atoms with van der Waals surface area (Å²) < 4.78 is 42.5. The molecule has 23 heavy (non-hydrogen) atoms. The van der Waals surface area contributed by atoms with Crippen molar-refractivity contribution in [3.05, 3.63) is 46.9 Å². The Balaban J connectivity index is 2.15. The molecule has 1 unspecified atom stereocenters. The van der Waals surface area contributed by atoms with Crippen molar-refractivity contribution in [2.24, 2.45) is 0 Å². The summed E-state index contributed by atoms with van der Waals surface area (Å²) in [5.41, 5.74) is 0.564. The molecular formula is C15H14F3N3OS. The predicted molar refractivity (Wildman–Crippen MR) is 81.9 cm³/mol. The van der Waals surface area contributed by atoms with Crippen LogP contribution in [0.5, 0.6) is 0 Å². The smallest absolute Gasteiger partial charge is 0.235 e. The summed E-state index contributed by atoms with van der Waals surface area (Å²) in [7, 11) is 0. The van der Waals surface area contributed by atoms with Crippen molar-refractivity contribution in [1.29, 1.82) is 0 Å². The van der Waals surface area contributed by atoms with E-state index in [-0.39, 0.29) is 23.3 Å². The second kappa shape index (κ2) is 5.92. The van der Waals surface area contributed by atoms with E-state index in [0.717, 1.165) is 17.8 Å². The molecule has 1 atom stereocenters. The number of halogens is 3. The number of nitrogens with zero attached hydrogens (tertiary/aromatic N) is 2. The lowest BCUT2D eigenvalue weighted by atomic mass is 10.1. The fraction of sp³-hybridized carbons (Fsp3) is 0.333. The van der Waals surface area contributed by atoms with Gasteiger partial charge in [0.15, 0.2) is 17.5 Å². The van der Waals surface area contributed by atoms with Gasteiger partial charge in [-0.3, -0.25) is 4.79 Å². The Hall–Kier alpha value is -1.96. The first kappa shape index (κ1) is 15.9. The Morgan fingerprint density at radius 3 is 2.70 bits per heavy atom. The molecule has 0 saturated heterocycles. The number of fused-ring (bicyclic) bond motifs is 1. The van der Waals surface area contributed by atoms with Crippen LogP contribution >= 0.6 is 11.8 Å². The van der Waals surface area contributed by atoms with Gasteiger partial charge in [-0.2, -0.15) is 5.10 Å². The molecule has 4 nitrogen and oxygen atoms in total. The largest absolute Gasteiger partial charge is 0.310 e. The summed E-state index contributed by atoms with van der Waals surface area (Å²) in [5.74, 6) is -3.69. The maximum Gasteiger partial charge on any atom is 0.235 e. The van der Waals surface area contributed by atoms with E-state index >= 15 is 0 Å². The molecule has 1 aromatic heterocycles. The SMILES string of the molecule is CC(C)n1ncc2c1NC(=O)CSC2c1ccc(F)c(F)c1F. The molecule has 0 fully saturated rings. The number of anilines is 1. The second-order valence-electron chi connectivity index (χ2n) is 5.49. The zero-order valence-electron chi connectivity index (χ0n) is 12.4. The summed E-state index contributed by atoms with van der Waals surface area (Å²) in [5, 5.41) is 6.32. The van der Waals surface area contributed by atoms with Gasteiger partial charge in [0.25, 0.3) is 0 Å². The normalized spacial score (nSPS) is 17.8. The van der Waals surface area contributed by atoms with Crippen molar-refractivity contribution in [1.82, 2.24) is 9.78 Å². The van der Waals surface area contributed by atoms with Gasteiger partial charge in [-0.15, -0.1) is 11.8 Å². The van der Waals surface area contributed by atoms with Crippen molar-refractivity contribution in [2.45, 2.75) is 25.1 Å². The van der Waals surface area contributed by atoms with Gasteiger partial charge in [0.2, 0.25) is 5.91 Å². The topological polar surface area (TPSA) is 46.9 Å². The molecule has 8 heteroatoms. The van der Waals surface area contributed by atoms with Crippen molar-refractivity contribution in [2.75, 3.05) is 11.1 Å². The van der Waals surface area contributed by atoms with Crippen LogP contribution in [0.3, 0.4) is 0 Å². The average Bonchev–Trinajstić information content (AvgIpc) is 2.83. The number of benzene rings is 1. The second-order valence-corrected chi connectivity index (χ2v) is 6.58. The summed E-state index contributed by atoms with van der Waals surface area (Å²) in [6.45, 7) is 3.79. The van der Waals surface area contributed by atoms with E-state index in [0.29, 0.717) is 11.4 Å². The molecule has 1 aliphatic heterocycles. The quantitative estimate of drug-likeness (QED) is 0.848. The van der Waals surface area contributed by atoms with Gasteiger partial charge in [0.05, 0.1) is 17.2 Å². The van der Waals surface area contributed by atoms with E-state index in [1.807, 2.05) is 13.8 Å². The highest BCUT2D eigenvalue weighted by Gasteiger charge is 2.31. The van der Waals surface area contributed by atoms with Gasteiger partial charge >= 0.3 is 0 Å². The highest BCUT2D eigenvalue weighted by atomic mass is 32.2. The Labute approximate surface area is 135 Å². The number of thioether (sulfide) groups is 1. The van der Waals surface area contributed by atoms with Crippen LogP contribution in [0.2, 0.25) is 0 Å². The molecular weight excluding hydrogens is 327 g/mol. The maximum atomic E-state index is 14.2. The summed E-state index contributed by atoms with van der Waals surface area (Å²) in [6.07, 6.45) is 1.53. The number of carbonyl (C=O) groups is 1. The van der Waals surface area contributed by atoms with Crippen molar-refractivity contribution >= 4 is 23.5 Å². The number of amides is 1. The van der Waals surface area contributed by atoms with E-state index in [4.69, 9.17) is 0 Å². The Bertz CT molecular complexity index is 776. The first-order chi connectivity index (χ1) is 10.9. The minimum Gasteiger partial charge on any atom is -0.310 e. The first-order valence-electron chi connectivity index (χ1n) is 7.02. The van der Waals surface area contributed by atoms with Crippen LogP contribution in [0.25, 0.3) is 0 Å². The van der Waals surface area contributed by atoms with E-state index in [9.17, 15) is 18.0 Å². The molecule has 1 aliphatic rings. The highest BCUT2D eigenvalue weighted by molar-refractivity contribution is 8.00. The molecule has 122 valence electrons. The lowest BCUT2D eigenvalue weighted by Gasteiger charge is -2.16. The van der Waals surface area contributed by atoms with E-state index in [2.05, 4.69) is 10.4 Å². The standard InChI is InChI=1S/C15H14F3N3OS/c1-7(2)21-15-9(5-19-21)14(23-6-11(22)20-15)8-3-4-10(16)13(18)12(8)17/h3-5,7,14H,6H2,1-2H3,(H,20,22). The molecule has 1 amide bonds. The number of nitrogens with one attached hydrogen (secondary N) is 1. The first-order valence-corrected chi connectivity index (χ1v) is 8.07. The van der Waals surface area contributed by atoms with Crippen molar-refractivity contribution in [3.8, 4) is 0 Å². The molecule has 3 rings (SSSR count). The summed E-state index contributed by atoms with van der Waals surface area (Å²) in [4.78, 5) is 11.9. The van der Waals surface area contributed by atoms with Crippen LogP contribution in [-0.4, -0.2) is 21.4 Å². The zero-order valence-corrected chi connectivity index (χ0v) is 13.3. The molecule has 0 spiro atoms. The summed E-state index contributed by atoms with van der Waals surface area (Å²) in [6, 6.07) is 2.08. The van der Waals surface area contributed by atoms with Crippen LogP contribution in [0.1, 0.15) is 36.3 Å². The number of aromatic nitrogens is 2. The van der Waals surface area contributed by atoms with Gasteiger partial charge in [-0.25, -0.2) is 17.9 Å². The molecule has 0 aliphatic carbocycles. The molecule has 1 aromatic carbocycles. The Morgan fingerprint density at radius 1 is 1.26 bits per heavy atom. The van der Waals surface area contributed by atoms with Crippen LogP contribution in [0.15, 0.2) is 18.3 Å². The molecule has 0 radical (unpaired) electrons. The fourth-order valence-corrected chi connectivity index (χ4v) is 3.61. The minimum atomic E-state index is -1.51. The van der Waals surface area contributed by atoms with Crippen LogP contribution in [0.4, 0.5) is 19.0 Å². The van der Waals surface area contributed by atoms with E-state index < -0.39 is 22.7 Å². The minimum absolute atomic E-state index is 0.00467. The van der Waals surface area contributed by atoms with Gasteiger partial charge in [-0.05, 0) is 19.9 Å². The highest BCUT2D eigenvalue weighted by Crippen LogP contribution is 2.43. The Kier molecular flexibility index (Phi) is 4.09. The number of rotatable bonds is 2. The Morgan fingerprint density at radius 2 is 2.00 bits per heavy atom. The fourth-order valence-electron chi connectivity index (χ4n) is 2.51. The molecule has 0 bridgehead atoms.